The molecule has 0 aliphatic rings. The van der Waals surface area contributed by atoms with Crippen molar-refractivity contribution in [2.45, 2.75) is 6.67 Å². The van der Waals surface area contributed by atoms with Gasteiger partial charge in [0.15, 0.2) is 5.82 Å². The van der Waals surface area contributed by atoms with Crippen molar-refractivity contribution >= 4 is 5.69 Å². The van der Waals surface area contributed by atoms with Crippen molar-refractivity contribution in [2.75, 3.05) is 0 Å². The van der Waals surface area contributed by atoms with Gasteiger partial charge in [0.25, 0.3) is 5.56 Å². The van der Waals surface area contributed by atoms with Crippen LogP contribution in [-0.4, -0.2) is 9.13 Å². The highest BCUT2D eigenvalue weighted by Crippen LogP contribution is 2.22. The van der Waals surface area contributed by atoms with Gasteiger partial charge in [-0.2, -0.15) is 0 Å². The van der Waals surface area contributed by atoms with E-state index in [1.165, 1.54) is 7.05 Å². The van der Waals surface area contributed by atoms with Crippen LogP contribution in [0.25, 0.3) is 5.69 Å². The first kappa shape index (κ1) is 14.7. The fourth-order valence-corrected chi connectivity index (χ4v) is 1.79. The summed E-state index contributed by atoms with van der Waals surface area (Å²) in [7, 11) is 1.18. The van der Waals surface area contributed by atoms with Crippen molar-refractivity contribution in [1.82, 2.24) is 9.13 Å². The molecule has 0 saturated heterocycles. The van der Waals surface area contributed by atoms with Gasteiger partial charge in [-0.25, -0.2) is 22.5 Å². The Balaban J connectivity index is 2.83. The number of alkyl halides is 1. The molecule has 0 spiro atoms. The molecular weight excluding hydrogens is 291 g/mol. The van der Waals surface area contributed by atoms with Gasteiger partial charge in [0, 0.05) is 25.2 Å². The normalized spacial score (nSPS) is 10.7. The van der Waals surface area contributed by atoms with Crippen molar-refractivity contribution in [3.8, 4) is 5.69 Å². The maximum Gasteiger partial charge on any atom is 0.335 e. The third-order valence-electron chi connectivity index (χ3n) is 2.91. The van der Waals surface area contributed by atoms with Crippen LogP contribution in [0.15, 0.2) is 33.0 Å². The van der Waals surface area contributed by atoms with Gasteiger partial charge in [-0.3, -0.25) is 9.36 Å². The Morgan fingerprint density at radius 3 is 2.38 bits per heavy atom. The molecule has 0 aliphatic carbocycles. The molecule has 1 aromatic carbocycles. The number of nitroso groups, excluding NO2 is 1. The van der Waals surface area contributed by atoms with E-state index in [0.717, 1.165) is 10.6 Å². The summed E-state index contributed by atoms with van der Waals surface area (Å²) in [5, 5.41) is 2.27. The van der Waals surface area contributed by atoms with E-state index in [4.69, 9.17) is 0 Å². The summed E-state index contributed by atoms with van der Waals surface area (Å²) in [5.41, 5.74) is -3.73. The van der Waals surface area contributed by atoms with E-state index in [-0.39, 0.29) is 5.69 Å². The lowest BCUT2D eigenvalue weighted by molar-refractivity contribution is 0.454. The van der Waals surface area contributed by atoms with Crippen molar-refractivity contribution in [2.24, 2.45) is 12.2 Å². The summed E-state index contributed by atoms with van der Waals surface area (Å²) in [6.45, 7) is -1.06. The number of aromatic nitrogens is 2. The Morgan fingerprint density at radius 1 is 1.14 bits per heavy atom. The quantitative estimate of drug-likeness (QED) is 0.809. The van der Waals surface area contributed by atoms with Crippen LogP contribution in [0.1, 0.15) is 5.69 Å². The highest BCUT2D eigenvalue weighted by Gasteiger charge is 2.17. The zero-order valence-corrected chi connectivity index (χ0v) is 10.6. The lowest BCUT2D eigenvalue weighted by Crippen LogP contribution is -2.39. The molecule has 1 aromatic heterocycles. The second kappa shape index (κ2) is 5.35. The number of nitrogens with zero attached hydrogens (tertiary/aromatic N) is 3. The Hall–Kier alpha value is -2.71. The van der Waals surface area contributed by atoms with Crippen molar-refractivity contribution < 1.29 is 13.2 Å². The smallest absolute Gasteiger partial charge is 0.298 e. The minimum Gasteiger partial charge on any atom is -0.298 e. The largest absolute Gasteiger partial charge is 0.335 e. The van der Waals surface area contributed by atoms with E-state index in [1.54, 1.807) is 0 Å². The first-order valence-corrected chi connectivity index (χ1v) is 5.61. The molecule has 21 heavy (non-hydrogen) atoms. The molecule has 0 N–H and O–H groups in total. The number of hydrogen-bond acceptors (Lipinski definition) is 4. The fraction of sp³-hybridized carbons (Fsp3) is 0.167. The monoisotopic (exact) mass is 299 g/mol. The van der Waals surface area contributed by atoms with E-state index >= 15 is 0 Å². The molecule has 0 amide bonds. The predicted molar refractivity (Wildman–Crippen MR) is 67.5 cm³/mol. The van der Waals surface area contributed by atoms with Crippen molar-refractivity contribution in [3.05, 3.63) is 61.3 Å². The maximum absolute atomic E-state index is 13.8. The van der Waals surface area contributed by atoms with Crippen molar-refractivity contribution in [1.29, 1.82) is 0 Å². The van der Waals surface area contributed by atoms with Gasteiger partial charge in [-0.05, 0) is 5.18 Å². The van der Waals surface area contributed by atoms with Crippen LogP contribution in [-0.2, 0) is 13.7 Å². The molecule has 110 valence electrons. The molecule has 0 atom stereocenters. The predicted octanol–water partition coefficient (Wildman–Crippen LogP) is 1.68. The number of halogens is 3. The van der Waals surface area contributed by atoms with Gasteiger partial charge in [-0.1, -0.05) is 0 Å². The van der Waals surface area contributed by atoms with Crippen LogP contribution >= 0.6 is 0 Å². The molecule has 1 heterocycles. The van der Waals surface area contributed by atoms with Gasteiger partial charge in [0.2, 0.25) is 0 Å². The van der Waals surface area contributed by atoms with Gasteiger partial charge in [-0.15, -0.1) is 4.91 Å². The fourth-order valence-electron chi connectivity index (χ4n) is 1.79. The molecule has 0 saturated carbocycles. The van der Waals surface area contributed by atoms with Crippen LogP contribution in [0.3, 0.4) is 0 Å². The van der Waals surface area contributed by atoms with E-state index in [2.05, 4.69) is 5.18 Å². The zero-order valence-electron chi connectivity index (χ0n) is 10.6. The topological polar surface area (TPSA) is 73.4 Å². The van der Waals surface area contributed by atoms with Crippen LogP contribution in [0.4, 0.5) is 18.9 Å². The molecule has 0 aliphatic heterocycles. The van der Waals surface area contributed by atoms with Crippen LogP contribution in [0.5, 0.6) is 0 Å². The van der Waals surface area contributed by atoms with Crippen molar-refractivity contribution in [3.63, 3.8) is 0 Å². The average molecular weight is 299 g/mol. The molecule has 2 aromatic rings. The van der Waals surface area contributed by atoms with E-state index in [0.29, 0.717) is 16.7 Å². The summed E-state index contributed by atoms with van der Waals surface area (Å²) in [4.78, 5) is 34.0. The standard InChI is InChI=1S/C12H8F3N3O3/c1-17-6(5-13)2-11(19)18(12(17)20)10-4-7(14)9(16-21)3-8(10)15/h2-4H,5H2,1H3. The highest BCUT2D eigenvalue weighted by molar-refractivity contribution is 5.47. The summed E-state index contributed by atoms with van der Waals surface area (Å²) < 4.78 is 41.1. The molecule has 2 rings (SSSR count). The summed E-state index contributed by atoms with van der Waals surface area (Å²) >= 11 is 0. The first-order valence-electron chi connectivity index (χ1n) is 5.61. The Bertz CT molecular complexity index is 842. The van der Waals surface area contributed by atoms with Gasteiger partial charge in [0.1, 0.15) is 18.2 Å². The van der Waals surface area contributed by atoms with Crippen LogP contribution in [0, 0.1) is 16.5 Å². The van der Waals surface area contributed by atoms with Gasteiger partial charge < -0.3 is 0 Å². The minimum absolute atomic E-state index is 0.201. The average Bonchev–Trinajstić information content (AvgIpc) is 2.46. The van der Waals surface area contributed by atoms with E-state index < -0.39 is 40.9 Å². The first-order chi connectivity index (χ1) is 9.90. The summed E-state index contributed by atoms with van der Waals surface area (Å²) in [5.74, 6) is -2.37. The van der Waals surface area contributed by atoms with E-state index in [1.807, 2.05) is 0 Å². The van der Waals surface area contributed by atoms with Gasteiger partial charge in [0.05, 0.1) is 11.4 Å². The maximum atomic E-state index is 13.8. The Kier molecular flexibility index (Phi) is 3.74. The second-order valence-electron chi connectivity index (χ2n) is 4.13. The van der Waals surface area contributed by atoms with Crippen LogP contribution in [0.2, 0.25) is 0 Å². The summed E-state index contributed by atoms with van der Waals surface area (Å²) in [6, 6.07) is 1.77. The third kappa shape index (κ3) is 2.37. The number of benzene rings is 1. The lowest BCUT2D eigenvalue weighted by atomic mass is 10.2. The molecule has 0 radical (unpaired) electrons. The molecule has 0 fully saturated rings. The Labute approximate surface area is 115 Å². The molecule has 6 nitrogen and oxygen atoms in total. The SMILES string of the molecule is Cn1c(CF)cc(=O)n(-c2cc(F)c(N=O)cc2F)c1=O. The number of hydrogen-bond donors (Lipinski definition) is 0. The minimum atomic E-state index is -1.19. The third-order valence-corrected chi connectivity index (χ3v) is 2.91. The molecule has 0 unspecified atom stereocenters. The highest BCUT2D eigenvalue weighted by atomic mass is 19.1. The molecular formula is C12H8F3N3O3. The van der Waals surface area contributed by atoms with E-state index in [9.17, 15) is 27.7 Å². The molecule has 9 heteroatoms. The summed E-state index contributed by atoms with van der Waals surface area (Å²) in [6.07, 6.45) is 0. The zero-order chi connectivity index (χ0) is 15.7. The Morgan fingerprint density at radius 2 is 1.81 bits per heavy atom. The van der Waals surface area contributed by atoms with Gasteiger partial charge >= 0.3 is 5.69 Å². The number of rotatable bonds is 3. The molecule has 0 bridgehead atoms. The second-order valence-corrected chi connectivity index (χ2v) is 4.13. The lowest BCUT2D eigenvalue weighted by Gasteiger charge is -2.10. The van der Waals surface area contributed by atoms with Crippen LogP contribution < -0.4 is 11.2 Å².